The number of carbonyl (C=O) groups excluding carboxylic acids is 1. The van der Waals surface area contributed by atoms with Crippen molar-refractivity contribution in [3.05, 3.63) is 23.9 Å². The number of carbonyl (C=O) groups is 1. The van der Waals surface area contributed by atoms with Gasteiger partial charge in [-0.05, 0) is 23.8 Å². The van der Waals surface area contributed by atoms with E-state index in [9.17, 15) is 4.79 Å². The van der Waals surface area contributed by atoms with E-state index in [2.05, 4.69) is 44.1 Å². The summed E-state index contributed by atoms with van der Waals surface area (Å²) < 4.78 is 0. The van der Waals surface area contributed by atoms with Gasteiger partial charge >= 0.3 is 0 Å². The van der Waals surface area contributed by atoms with E-state index in [1.54, 1.807) is 6.20 Å². The molecule has 1 aromatic heterocycles. The summed E-state index contributed by atoms with van der Waals surface area (Å²) >= 11 is 0. The molecule has 1 unspecified atom stereocenters. The van der Waals surface area contributed by atoms with E-state index in [1.165, 1.54) is 0 Å². The van der Waals surface area contributed by atoms with Gasteiger partial charge in [-0.15, -0.1) is 0 Å². The largest absolute Gasteiger partial charge is 0.370 e. The van der Waals surface area contributed by atoms with E-state index < -0.39 is 0 Å². The monoisotopic (exact) mass is 289 g/mol. The highest BCUT2D eigenvalue weighted by molar-refractivity contribution is 5.79. The molecule has 1 saturated heterocycles. The number of hydrogen-bond donors (Lipinski definition) is 1. The standard InChI is InChI=1S/C17H27N3O/c1-5-8-18-16-13(7-6-9-19-16)11-20-12-14(10-15(20)21)17(2,3)4/h6-7,9,14H,5,8,10-12H2,1-4H3,(H,18,19). The molecule has 1 aromatic rings. The van der Waals surface area contributed by atoms with Crippen molar-refractivity contribution in [2.24, 2.45) is 11.3 Å². The lowest BCUT2D eigenvalue weighted by Crippen LogP contribution is -2.27. The van der Waals surface area contributed by atoms with Crippen molar-refractivity contribution < 1.29 is 4.79 Å². The number of pyridine rings is 1. The van der Waals surface area contributed by atoms with Crippen molar-refractivity contribution in [3.8, 4) is 0 Å². The summed E-state index contributed by atoms with van der Waals surface area (Å²) in [7, 11) is 0. The van der Waals surface area contributed by atoms with E-state index in [-0.39, 0.29) is 11.3 Å². The van der Waals surface area contributed by atoms with Gasteiger partial charge < -0.3 is 10.2 Å². The summed E-state index contributed by atoms with van der Waals surface area (Å²) in [6.07, 6.45) is 3.53. The number of rotatable bonds is 5. The maximum Gasteiger partial charge on any atom is 0.223 e. The van der Waals surface area contributed by atoms with Crippen LogP contribution in [0.2, 0.25) is 0 Å². The molecule has 21 heavy (non-hydrogen) atoms. The second-order valence-electron chi connectivity index (χ2n) is 6.98. The SMILES string of the molecule is CCCNc1ncccc1CN1CC(C(C)(C)C)CC1=O. The van der Waals surface area contributed by atoms with Crippen molar-refractivity contribution in [2.45, 2.75) is 47.1 Å². The Balaban J connectivity index is 2.07. The molecule has 116 valence electrons. The third-order valence-electron chi connectivity index (χ3n) is 4.23. The Bertz CT molecular complexity index is 493. The summed E-state index contributed by atoms with van der Waals surface area (Å²) in [5.41, 5.74) is 1.29. The summed E-state index contributed by atoms with van der Waals surface area (Å²) in [6, 6.07) is 4.00. The first-order valence-corrected chi connectivity index (χ1v) is 7.87. The molecule has 1 fully saturated rings. The zero-order valence-corrected chi connectivity index (χ0v) is 13.6. The van der Waals surface area contributed by atoms with Crippen LogP contribution in [0.15, 0.2) is 18.3 Å². The summed E-state index contributed by atoms with van der Waals surface area (Å²) in [5, 5.41) is 3.34. The Hall–Kier alpha value is -1.58. The molecule has 1 atom stereocenters. The van der Waals surface area contributed by atoms with E-state index in [4.69, 9.17) is 0 Å². The summed E-state index contributed by atoms with van der Waals surface area (Å²) in [4.78, 5) is 18.6. The molecule has 0 aromatic carbocycles. The smallest absolute Gasteiger partial charge is 0.223 e. The first-order valence-electron chi connectivity index (χ1n) is 7.87. The zero-order valence-electron chi connectivity index (χ0n) is 13.6. The zero-order chi connectivity index (χ0) is 15.5. The number of amides is 1. The van der Waals surface area contributed by atoms with Gasteiger partial charge in [-0.25, -0.2) is 4.98 Å². The van der Waals surface area contributed by atoms with Crippen LogP contribution in [0.3, 0.4) is 0 Å². The molecule has 1 aliphatic heterocycles. The van der Waals surface area contributed by atoms with Crippen molar-refractivity contribution >= 4 is 11.7 Å². The van der Waals surface area contributed by atoms with Gasteiger partial charge in [0.05, 0.1) is 0 Å². The molecular formula is C17H27N3O. The van der Waals surface area contributed by atoms with E-state index in [0.29, 0.717) is 18.9 Å². The topological polar surface area (TPSA) is 45.2 Å². The molecule has 4 nitrogen and oxygen atoms in total. The Morgan fingerprint density at radius 2 is 2.19 bits per heavy atom. The second kappa shape index (κ2) is 6.46. The van der Waals surface area contributed by atoms with Gasteiger partial charge in [-0.3, -0.25) is 4.79 Å². The fourth-order valence-electron chi connectivity index (χ4n) is 2.68. The van der Waals surface area contributed by atoms with Crippen molar-refractivity contribution in [3.63, 3.8) is 0 Å². The predicted octanol–water partition coefficient (Wildman–Crippen LogP) is 3.30. The third-order valence-corrected chi connectivity index (χ3v) is 4.23. The molecule has 0 spiro atoms. The van der Waals surface area contributed by atoms with E-state index in [1.807, 2.05) is 11.0 Å². The second-order valence-corrected chi connectivity index (χ2v) is 6.98. The number of nitrogens with one attached hydrogen (secondary N) is 1. The maximum atomic E-state index is 12.2. The average Bonchev–Trinajstić information content (AvgIpc) is 2.79. The minimum atomic E-state index is 0.183. The highest BCUT2D eigenvalue weighted by Gasteiger charge is 2.36. The molecule has 2 heterocycles. The van der Waals surface area contributed by atoms with Crippen LogP contribution in [0.25, 0.3) is 0 Å². The van der Waals surface area contributed by atoms with E-state index in [0.717, 1.165) is 30.9 Å². The fourth-order valence-corrected chi connectivity index (χ4v) is 2.68. The van der Waals surface area contributed by atoms with Gasteiger partial charge in [0.25, 0.3) is 0 Å². The molecule has 0 radical (unpaired) electrons. The predicted molar refractivity (Wildman–Crippen MR) is 86.0 cm³/mol. The van der Waals surface area contributed by atoms with Gasteiger partial charge in [0.2, 0.25) is 5.91 Å². The minimum Gasteiger partial charge on any atom is -0.370 e. The molecule has 0 saturated carbocycles. The van der Waals surface area contributed by atoms with Gasteiger partial charge in [0.15, 0.2) is 0 Å². The first kappa shape index (κ1) is 15.8. The van der Waals surface area contributed by atoms with Crippen LogP contribution in [-0.4, -0.2) is 28.9 Å². The highest BCUT2D eigenvalue weighted by Crippen LogP contribution is 2.35. The fraction of sp³-hybridized carbons (Fsp3) is 0.647. The van der Waals surface area contributed by atoms with Crippen LogP contribution in [-0.2, 0) is 11.3 Å². The van der Waals surface area contributed by atoms with Crippen LogP contribution in [0.4, 0.5) is 5.82 Å². The molecule has 4 heteroatoms. The van der Waals surface area contributed by atoms with Crippen LogP contribution in [0.1, 0.15) is 46.1 Å². The van der Waals surface area contributed by atoms with Crippen molar-refractivity contribution in [1.82, 2.24) is 9.88 Å². The summed E-state index contributed by atoms with van der Waals surface area (Å²) in [6.45, 7) is 11.2. The number of hydrogen-bond acceptors (Lipinski definition) is 3. The van der Waals surface area contributed by atoms with Crippen LogP contribution in [0, 0.1) is 11.3 Å². The van der Waals surface area contributed by atoms with Crippen molar-refractivity contribution in [1.29, 1.82) is 0 Å². The number of anilines is 1. The third kappa shape index (κ3) is 3.96. The molecular weight excluding hydrogens is 262 g/mol. The first-order chi connectivity index (χ1) is 9.91. The molecule has 1 amide bonds. The normalized spacial score (nSPS) is 19.1. The Morgan fingerprint density at radius 1 is 1.43 bits per heavy atom. The lowest BCUT2D eigenvalue weighted by Gasteiger charge is -2.26. The van der Waals surface area contributed by atoms with Gasteiger partial charge in [0, 0.05) is 37.8 Å². The Kier molecular flexibility index (Phi) is 4.86. The average molecular weight is 289 g/mol. The molecule has 0 bridgehead atoms. The van der Waals surface area contributed by atoms with Crippen LogP contribution in [0.5, 0.6) is 0 Å². The number of nitrogens with zero attached hydrogens (tertiary/aromatic N) is 2. The van der Waals surface area contributed by atoms with Crippen molar-refractivity contribution in [2.75, 3.05) is 18.4 Å². The van der Waals surface area contributed by atoms with Gasteiger partial charge in [-0.2, -0.15) is 0 Å². The van der Waals surface area contributed by atoms with Gasteiger partial charge in [-0.1, -0.05) is 33.8 Å². The van der Waals surface area contributed by atoms with Crippen LogP contribution >= 0.6 is 0 Å². The lowest BCUT2D eigenvalue weighted by atomic mass is 9.80. The highest BCUT2D eigenvalue weighted by atomic mass is 16.2. The number of likely N-dealkylation sites (tertiary alicyclic amines) is 1. The van der Waals surface area contributed by atoms with Crippen LogP contribution < -0.4 is 5.32 Å². The quantitative estimate of drug-likeness (QED) is 0.904. The summed E-state index contributed by atoms with van der Waals surface area (Å²) in [5.74, 6) is 1.61. The molecule has 1 aliphatic rings. The molecule has 2 rings (SSSR count). The Labute approximate surface area is 127 Å². The molecule has 0 aliphatic carbocycles. The maximum absolute atomic E-state index is 12.2. The minimum absolute atomic E-state index is 0.183. The number of aromatic nitrogens is 1. The Morgan fingerprint density at radius 3 is 2.81 bits per heavy atom. The van der Waals surface area contributed by atoms with E-state index >= 15 is 0 Å². The molecule has 1 N–H and O–H groups in total. The van der Waals surface area contributed by atoms with Gasteiger partial charge in [0.1, 0.15) is 5.82 Å². The lowest BCUT2D eigenvalue weighted by molar-refractivity contribution is -0.128.